The summed E-state index contributed by atoms with van der Waals surface area (Å²) in [4.78, 5) is 0. The zero-order valence-corrected chi connectivity index (χ0v) is 34.2. The minimum absolute atomic E-state index is 0.105. The van der Waals surface area contributed by atoms with Crippen LogP contribution in [0.15, 0.2) is 48.5 Å². The van der Waals surface area contributed by atoms with Gasteiger partial charge in [-0.2, -0.15) is 8.42 Å². The lowest BCUT2D eigenvalue weighted by molar-refractivity contribution is 0.451. The number of phenols is 3. The molecule has 0 aliphatic heterocycles. The van der Waals surface area contributed by atoms with E-state index in [0.29, 0.717) is 44.5 Å². The van der Waals surface area contributed by atoms with Crippen LogP contribution in [-0.2, 0) is 57.5 Å². The van der Waals surface area contributed by atoms with Gasteiger partial charge in [-0.25, -0.2) is 0 Å². The van der Waals surface area contributed by atoms with Crippen molar-refractivity contribution in [2.75, 3.05) is 6.26 Å². The highest BCUT2D eigenvalue weighted by atomic mass is 32.2. The maximum Gasteiger partial charge on any atom is 0.306 e. The molecule has 0 aromatic heterocycles. The summed E-state index contributed by atoms with van der Waals surface area (Å²) in [5.41, 5.74) is 8.19. The van der Waals surface area contributed by atoms with Gasteiger partial charge in [-0.15, -0.1) is 0 Å². The summed E-state index contributed by atoms with van der Waals surface area (Å²) in [7, 11) is -3.97. The molecule has 4 aromatic carbocycles. The summed E-state index contributed by atoms with van der Waals surface area (Å²) in [6.45, 7) is 25.5. The van der Waals surface area contributed by atoms with Gasteiger partial charge in [0.15, 0.2) is 0 Å². The second-order valence-corrected chi connectivity index (χ2v) is 20.6. The Balaban J connectivity index is 1.95. The molecule has 3 N–H and O–H groups in total. The van der Waals surface area contributed by atoms with Gasteiger partial charge in [0.05, 0.1) is 6.26 Å². The standard InChI is InChI=1S/C45H58O6S/c1-42(2,3)34-18-26-14-28-20-35(43(4,5)6)22-30(39(28)47)16-32-24-37(45(10,11)12)25-33(41(32)51-52(13,49)50)17-31-23-36(44(7,8)9)21-29(40(31)48)15-27(19-34)38(26)46/h18-25,46-48H,14-17H2,1-13H3. The van der Waals surface area contributed by atoms with Gasteiger partial charge in [0.25, 0.3) is 0 Å². The van der Waals surface area contributed by atoms with Gasteiger partial charge in [0.1, 0.15) is 23.0 Å². The van der Waals surface area contributed by atoms with Crippen LogP contribution < -0.4 is 4.18 Å². The van der Waals surface area contributed by atoms with Crippen LogP contribution in [0.1, 0.15) is 150 Å². The Bertz CT molecular complexity index is 2030. The van der Waals surface area contributed by atoms with Crippen LogP contribution in [0.2, 0.25) is 0 Å². The number of rotatable bonds is 2. The van der Waals surface area contributed by atoms with E-state index in [2.05, 4.69) is 83.1 Å². The molecule has 0 amide bonds. The lowest BCUT2D eigenvalue weighted by atomic mass is 9.79. The molecule has 0 heterocycles. The molecule has 0 atom stereocenters. The molecule has 6 nitrogen and oxygen atoms in total. The predicted molar refractivity (Wildman–Crippen MR) is 212 cm³/mol. The fourth-order valence-electron chi connectivity index (χ4n) is 6.92. The highest BCUT2D eigenvalue weighted by Crippen LogP contribution is 2.43. The van der Waals surface area contributed by atoms with Crippen molar-refractivity contribution in [1.82, 2.24) is 0 Å². The van der Waals surface area contributed by atoms with E-state index in [0.717, 1.165) is 28.5 Å². The van der Waals surface area contributed by atoms with Crippen LogP contribution in [0.25, 0.3) is 0 Å². The van der Waals surface area contributed by atoms with Crippen molar-refractivity contribution >= 4 is 10.1 Å². The van der Waals surface area contributed by atoms with Crippen LogP contribution in [0.5, 0.6) is 23.0 Å². The third-order valence-electron chi connectivity index (χ3n) is 10.3. The molecule has 0 saturated carbocycles. The highest BCUT2D eigenvalue weighted by Gasteiger charge is 2.28. The minimum atomic E-state index is -3.97. The van der Waals surface area contributed by atoms with Crippen molar-refractivity contribution in [2.45, 2.75) is 130 Å². The summed E-state index contributed by atoms with van der Waals surface area (Å²) in [6.07, 6.45) is 1.98. The van der Waals surface area contributed by atoms with Crippen LogP contribution in [-0.4, -0.2) is 30.0 Å². The normalized spacial score (nSPS) is 14.3. The number of phenolic OH excluding ortho intramolecular Hbond substituents is 3. The van der Waals surface area contributed by atoms with Crippen LogP contribution in [0.4, 0.5) is 0 Å². The molecular weight excluding hydrogens is 669 g/mol. The van der Waals surface area contributed by atoms with Crippen LogP contribution in [0, 0.1) is 0 Å². The van der Waals surface area contributed by atoms with Crippen molar-refractivity contribution in [3.8, 4) is 23.0 Å². The fraction of sp³-hybridized carbons (Fsp3) is 0.467. The molecule has 52 heavy (non-hydrogen) atoms. The van der Waals surface area contributed by atoms with E-state index in [1.165, 1.54) is 0 Å². The first-order valence-electron chi connectivity index (χ1n) is 18.2. The average molecular weight is 727 g/mol. The Morgan fingerprint density at radius 2 is 0.615 bits per heavy atom. The second-order valence-electron chi connectivity index (χ2n) is 19.0. The zero-order chi connectivity index (χ0) is 38.9. The second kappa shape index (κ2) is 13.2. The molecule has 0 spiro atoms. The van der Waals surface area contributed by atoms with E-state index in [1.54, 1.807) is 0 Å². The molecule has 1 aliphatic rings. The predicted octanol–water partition coefficient (Wildman–Crippen LogP) is 10.0. The van der Waals surface area contributed by atoms with Crippen LogP contribution in [0.3, 0.4) is 0 Å². The van der Waals surface area contributed by atoms with Crippen molar-refractivity contribution in [3.63, 3.8) is 0 Å². The van der Waals surface area contributed by atoms with Crippen molar-refractivity contribution in [2.24, 2.45) is 0 Å². The zero-order valence-electron chi connectivity index (χ0n) is 33.4. The van der Waals surface area contributed by atoms with E-state index in [-0.39, 0.29) is 70.3 Å². The van der Waals surface area contributed by atoms with E-state index in [1.807, 2.05) is 48.5 Å². The lowest BCUT2D eigenvalue weighted by Gasteiger charge is -2.27. The van der Waals surface area contributed by atoms with E-state index in [9.17, 15) is 23.7 Å². The van der Waals surface area contributed by atoms with E-state index in [4.69, 9.17) is 4.18 Å². The summed E-state index contributed by atoms with van der Waals surface area (Å²) in [5, 5.41) is 36.1. The number of fused-ring (bicyclic) bond motifs is 8. The first kappa shape index (κ1) is 39.2. The summed E-state index contributed by atoms with van der Waals surface area (Å²) < 4.78 is 31.7. The summed E-state index contributed by atoms with van der Waals surface area (Å²) in [6, 6.07) is 16.0. The lowest BCUT2D eigenvalue weighted by Crippen LogP contribution is -2.17. The summed E-state index contributed by atoms with van der Waals surface area (Å²) >= 11 is 0. The third-order valence-corrected chi connectivity index (χ3v) is 10.7. The number of hydrogen-bond acceptors (Lipinski definition) is 6. The van der Waals surface area contributed by atoms with Crippen molar-refractivity contribution in [1.29, 1.82) is 0 Å². The van der Waals surface area contributed by atoms with Gasteiger partial charge in [0.2, 0.25) is 0 Å². The Kier molecular flexibility index (Phi) is 9.93. The smallest absolute Gasteiger partial charge is 0.306 e. The molecular formula is C45H58O6S. The molecule has 0 fully saturated rings. The SMILES string of the molecule is CC(C)(C)c1cc2c(O)c(c1)Cc1cc(C(C)(C)C)cc(c1O)Cc1cc(C(C)(C)C)cc(c1OS(C)(=O)=O)Cc1cc(C(C)(C)C)cc(c1O)C2. The molecule has 0 unspecified atom stereocenters. The van der Waals surface area contributed by atoms with Crippen molar-refractivity contribution < 1.29 is 27.9 Å². The van der Waals surface area contributed by atoms with Gasteiger partial charge in [-0.05, 0) is 77.3 Å². The van der Waals surface area contributed by atoms with E-state index >= 15 is 0 Å². The molecule has 280 valence electrons. The Hall–Kier alpha value is -3.97. The first-order valence-corrected chi connectivity index (χ1v) is 20.0. The number of benzene rings is 4. The monoisotopic (exact) mass is 726 g/mol. The quantitative estimate of drug-likeness (QED) is 0.157. The Labute approximate surface area is 312 Å². The Morgan fingerprint density at radius 3 is 0.808 bits per heavy atom. The molecule has 7 heteroatoms. The van der Waals surface area contributed by atoms with Gasteiger partial charge in [-0.3, -0.25) is 0 Å². The van der Waals surface area contributed by atoms with Gasteiger partial charge >= 0.3 is 10.1 Å². The van der Waals surface area contributed by atoms with Crippen molar-refractivity contribution in [3.05, 3.63) is 115 Å². The Morgan fingerprint density at radius 1 is 0.423 bits per heavy atom. The molecule has 8 bridgehead atoms. The van der Waals surface area contributed by atoms with Crippen LogP contribution >= 0.6 is 0 Å². The molecule has 5 rings (SSSR count). The molecule has 1 aliphatic carbocycles. The maximum atomic E-state index is 12.9. The van der Waals surface area contributed by atoms with Gasteiger partial charge < -0.3 is 19.5 Å². The topological polar surface area (TPSA) is 104 Å². The minimum Gasteiger partial charge on any atom is -0.507 e. The molecule has 0 radical (unpaired) electrons. The largest absolute Gasteiger partial charge is 0.507 e. The van der Waals surface area contributed by atoms with Gasteiger partial charge in [-0.1, -0.05) is 132 Å². The molecule has 0 saturated heterocycles. The number of hydrogen-bond donors (Lipinski definition) is 3. The summed E-state index contributed by atoms with van der Waals surface area (Å²) in [5.74, 6) is 0.568. The highest BCUT2D eigenvalue weighted by molar-refractivity contribution is 7.86. The number of aromatic hydroxyl groups is 3. The third kappa shape index (κ3) is 8.46. The first-order chi connectivity index (χ1) is 23.6. The van der Waals surface area contributed by atoms with E-state index < -0.39 is 10.1 Å². The van der Waals surface area contributed by atoms with Gasteiger partial charge in [0, 0.05) is 36.8 Å². The fourth-order valence-corrected chi connectivity index (χ4v) is 7.43. The average Bonchev–Trinajstić information content (AvgIpc) is 2.96. The molecule has 4 aromatic rings. The maximum absolute atomic E-state index is 12.9.